The van der Waals surface area contributed by atoms with Gasteiger partial charge in [-0.25, -0.2) is 4.68 Å². The molecule has 0 aliphatic carbocycles. The van der Waals surface area contributed by atoms with Crippen LogP contribution in [0.15, 0.2) is 46.0 Å². The lowest BCUT2D eigenvalue weighted by molar-refractivity contribution is 0.113. The van der Waals surface area contributed by atoms with Gasteiger partial charge in [-0.3, -0.25) is 19.6 Å². The molecule has 4 rings (SSSR count). The zero-order valence-corrected chi connectivity index (χ0v) is 15.9. The zero-order valence-electron chi connectivity index (χ0n) is 15.9. The fourth-order valence-corrected chi connectivity index (χ4v) is 3.28. The monoisotopic (exact) mass is 381 g/mol. The summed E-state index contributed by atoms with van der Waals surface area (Å²) in [5, 5.41) is 8.33. The number of hydrogen-bond donors (Lipinski definition) is 0. The number of aromatic nitrogens is 5. The van der Waals surface area contributed by atoms with Crippen LogP contribution in [0.2, 0.25) is 0 Å². The van der Waals surface area contributed by atoms with Crippen LogP contribution in [0, 0.1) is 6.92 Å². The summed E-state index contributed by atoms with van der Waals surface area (Å²) in [5.41, 5.74) is 1.58. The number of hydrogen-bond acceptors (Lipinski definition) is 8. The second-order valence-corrected chi connectivity index (χ2v) is 6.87. The second kappa shape index (κ2) is 8.41. The number of piperazine rings is 1. The molecule has 4 heterocycles. The molecule has 0 bridgehead atoms. The summed E-state index contributed by atoms with van der Waals surface area (Å²) in [6.07, 6.45) is 3.47. The molecule has 0 radical (unpaired) electrons. The molecule has 3 aromatic rings. The Morgan fingerprint density at radius 3 is 2.61 bits per heavy atom. The second-order valence-electron chi connectivity index (χ2n) is 6.87. The van der Waals surface area contributed by atoms with Gasteiger partial charge >= 0.3 is 0 Å². The predicted octanol–water partition coefficient (Wildman–Crippen LogP) is 0.815. The smallest absolute Gasteiger partial charge is 0.266 e. The maximum absolute atomic E-state index is 12.2. The van der Waals surface area contributed by atoms with Crippen molar-refractivity contribution in [1.29, 1.82) is 0 Å². The Balaban J connectivity index is 1.31. The molecule has 0 unspecified atom stereocenters. The highest BCUT2D eigenvalue weighted by Crippen LogP contribution is 2.13. The van der Waals surface area contributed by atoms with Crippen molar-refractivity contribution in [1.82, 2.24) is 34.7 Å². The average molecular weight is 381 g/mol. The van der Waals surface area contributed by atoms with E-state index in [0.29, 0.717) is 24.8 Å². The molecule has 1 saturated heterocycles. The topological polar surface area (TPSA) is 93.2 Å². The molecule has 1 fully saturated rings. The first-order valence-electron chi connectivity index (χ1n) is 9.40. The first-order chi connectivity index (χ1) is 13.7. The molecule has 0 atom stereocenters. The summed E-state index contributed by atoms with van der Waals surface area (Å²) in [6.45, 7) is 7.59. The Morgan fingerprint density at radius 2 is 1.89 bits per heavy atom. The largest absolute Gasteiger partial charge is 0.338 e. The average Bonchev–Trinajstić information content (AvgIpc) is 3.14. The number of aryl methyl sites for hydroxylation is 1. The lowest BCUT2D eigenvalue weighted by Gasteiger charge is -2.33. The van der Waals surface area contributed by atoms with Crippen molar-refractivity contribution in [3.05, 3.63) is 58.7 Å². The molecule has 28 heavy (non-hydrogen) atoms. The van der Waals surface area contributed by atoms with E-state index >= 15 is 0 Å². The van der Waals surface area contributed by atoms with Crippen LogP contribution in [0.5, 0.6) is 0 Å². The number of nitrogens with zero attached hydrogens (tertiary/aromatic N) is 7. The van der Waals surface area contributed by atoms with E-state index in [1.807, 2.05) is 19.1 Å². The molecule has 0 saturated carbocycles. The van der Waals surface area contributed by atoms with Crippen molar-refractivity contribution in [3.8, 4) is 11.3 Å². The van der Waals surface area contributed by atoms with Crippen molar-refractivity contribution in [2.45, 2.75) is 20.0 Å². The molecule has 0 spiro atoms. The minimum absolute atomic E-state index is 0.0851. The molecule has 1 aliphatic rings. The van der Waals surface area contributed by atoms with Crippen molar-refractivity contribution in [2.75, 3.05) is 32.7 Å². The van der Waals surface area contributed by atoms with Crippen LogP contribution in [-0.4, -0.2) is 67.4 Å². The van der Waals surface area contributed by atoms with Gasteiger partial charge < -0.3 is 4.52 Å². The minimum Gasteiger partial charge on any atom is -0.338 e. The normalized spacial score (nSPS) is 15.8. The van der Waals surface area contributed by atoms with E-state index in [0.717, 1.165) is 44.0 Å². The summed E-state index contributed by atoms with van der Waals surface area (Å²) in [7, 11) is 0. The Bertz CT molecular complexity index is 962. The summed E-state index contributed by atoms with van der Waals surface area (Å²) < 4.78 is 6.73. The maximum atomic E-state index is 12.2. The molecule has 146 valence electrons. The van der Waals surface area contributed by atoms with Gasteiger partial charge in [0.1, 0.15) is 0 Å². The molecule has 0 N–H and O–H groups in total. The van der Waals surface area contributed by atoms with Crippen LogP contribution in [0.1, 0.15) is 11.7 Å². The standard InChI is InChI=1S/C19H23N7O2/c1-15-21-18(28-23-15)14-25-9-7-24(8-10-25)11-12-26-19(27)5-4-17(22-26)16-3-2-6-20-13-16/h2-6,13H,7-12,14H2,1H3. The highest BCUT2D eigenvalue weighted by Gasteiger charge is 2.19. The van der Waals surface area contributed by atoms with Gasteiger partial charge in [0.15, 0.2) is 5.82 Å². The van der Waals surface area contributed by atoms with Gasteiger partial charge in [0.2, 0.25) is 5.89 Å². The van der Waals surface area contributed by atoms with Gasteiger partial charge in [-0.05, 0) is 25.1 Å². The van der Waals surface area contributed by atoms with E-state index in [2.05, 4.69) is 30.0 Å². The van der Waals surface area contributed by atoms with E-state index in [1.165, 1.54) is 4.68 Å². The summed E-state index contributed by atoms with van der Waals surface area (Å²) in [5.74, 6) is 1.33. The third-order valence-electron chi connectivity index (χ3n) is 4.85. The highest BCUT2D eigenvalue weighted by atomic mass is 16.5. The third-order valence-corrected chi connectivity index (χ3v) is 4.85. The first-order valence-corrected chi connectivity index (χ1v) is 9.40. The Labute approximate surface area is 162 Å². The van der Waals surface area contributed by atoms with E-state index < -0.39 is 0 Å². The van der Waals surface area contributed by atoms with E-state index in [1.54, 1.807) is 24.5 Å². The van der Waals surface area contributed by atoms with Gasteiger partial charge in [-0.1, -0.05) is 5.16 Å². The lowest BCUT2D eigenvalue weighted by Crippen LogP contribution is -2.47. The summed E-state index contributed by atoms with van der Waals surface area (Å²) in [6, 6.07) is 7.11. The molecule has 1 aliphatic heterocycles. The molecule has 0 amide bonds. The quantitative estimate of drug-likeness (QED) is 0.619. The predicted molar refractivity (Wildman–Crippen MR) is 102 cm³/mol. The van der Waals surface area contributed by atoms with Crippen molar-refractivity contribution in [3.63, 3.8) is 0 Å². The minimum atomic E-state index is -0.0851. The summed E-state index contributed by atoms with van der Waals surface area (Å²) in [4.78, 5) is 25.2. The van der Waals surface area contributed by atoms with Gasteiger partial charge in [-0.2, -0.15) is 10.1 Å². The molecular formula is C19H23N7O2. The number of pyridine rings is 1. The van der Waals surface area contributed by atoms with Gasteiger partial charge in [0, 0.05) is 56.7 Å². The Hall–Kier alpha value is -2.91. The van der Waals surface area contributed by atoms with Crippen molar-refractivity contribution >= 4 is 0 Å². The molecule has 9 nitrogen and oxygen atoms in total. The first kappa shape index (κ1) is 18.5. The molecule has 3 aromatic heterocycles. The Kier molecular flexibility index (Phi) is 5.54. The fraction of sp³-hybridized carbons (Fsp3) is 0.421. The van der Waals surface area contributed by atoms with Crippen LogP contribution >= 0.6 is 0 Å². The number of rotatable bonds is 6. The molecule has 9 heteroatoms. The van der Waals surface area contributed by atoms with Crippen LogP contribution in [0.4, 0.5) is 0 Å². The SMILES string of the molecule is Cc1noc(CN2CCN(CCn3nc(-c4cccnc4)ccc3=O)CC2)n1. The van der Waals surface area contributed by atoms with Gasteiger partial charge in [0.05, 0.1) is 18.8 Å². The molecule has 0 aromatic carbocycles. The van der Waals surface area contributed by atoms with Crippen LogP contribution in [0.25, 0.3) is 11.3 Å². The maximum Gasteiger partial charge on any atom is 0.266 e. The Morgan fingerprint density at radius 1 is 1.07 bits per heavy atom. The van der Waals surface area contributed by atoms with Crippen molar-refractivity contribution in [2.24, 2.45) is 0 Å². The van der Waals surface area contributed by atoms with Crippen LogP contribution in [0.3, 0.4) is 0 Å². The van der Waals surface area contributed by atoms with E-state index in [-0.39, 0.29) is 5.56 Å². The van der Waals surface area contributed by atoms with E-state index in [4.69, 9.17) is 4.52 Å². The zero-order chi connectivity index (χ0) is 19.3. The van der Waals surface area contributed by atoms with Gasteiger partial charge in [-0.15, -0.1) is 0 Å². The molecular weight excluding hydrogens is 358 g/mol. The van der Waals surface area contributed by atoms with Crippen LogP contribution in [-0.2, 0) is 13.1 Å². The van der Waals surface area contributed by atoms with Crippen molar-refractivity contribution < 1.29 is 4.52 Å². The lowest BCUT2D eigenvalue weighted by atomic mass is 10.2. The third kappa shape index (κ3) is 4.49. The van der Waals surface area contributed by atoms with Crippen LogP contribution < -0.4 is 5.56 Å². The fourth-order valence-electron chi connectivity index (χ4n) is 3.28. The highest BCUT2D eigenvalue weighted by molar-refractivity contribution is 5.56. The summed E-state index contributed by atoms with van der Waals surface area (Å²) >= 11 is 0. The van der Waals surface area contributed by atoms with Gasteiger partial charge in [0.25, 0.3) is 5.56 Å². The van der Waals surface area contributed by atoms with E-state index in [9.17, 15) is 4.79 Å².